The molecule has 0 unspecified atom stereocenters. The summed E-state index contributed by atoms with van der Waals surface area (Å²) >= 11 is 0. The molecule has 0 amide bonds. The highest BCUT2D eigenvalue weighted by Gasteiger charge is 2.40. The number of rotatable bonds is 2. The molecule has 114 valence electrons. The van der Waals surface area contributed by atoms with Crippen molar-refractivity contribution in [2.24, 2.45) is 0 Å². The Balaban J connectivity index is 1.78. The van der Waals surface area contributed by atoms with Gasteiger partial charge >= 0.3 is 0 Å². The number of nitrogens with zero attached hydrogens (tertiary/aromatic N) is 1. The van der Waals surface area contributed by atoms with E-state index in [9.17, 15) is 9.50 Å². The number of aliphatic hydroxyl groups excluding tert-OH is 1. The maximum Gasteiger partial charge on any atom is 0.138 e. The molecule has 2 aromatic rings. The molecule has 0 aliphatic carbocycles. The van der Waals surface area contributed by atoms with Gasteiger partial charge in [-0.2, -0.15) is 5.26 Å². The molecule has 0 saturated carbocycles. The van der Waals surface area contributed by atoms with Crippen molar-refractivity contribution >= 4 is 0 Å². The second kappa shape index (κ2) is 6.62. The summed E-state index contributed by atoms with van der Waals surface area (Å²) in [6.45, 7) is -0.00229. The van der Waals surface area contributed by atoms with Gasteiger partial charge in [0.05, 0.1) is 18.2 Å². The average molecular weight is 306 g/mol. The molecule has 0 spiro atoms. The number of aliphatic hydroxyl groups is 1. The van der Waals surface area contributed by atoms with Crippen molar-refractivity contribution < 1.29 is 9.50 Å². The van der Waals surface area contributed by atoms with E-state index in [1.54, 1.807) is 18.2 Å². The van der Waals surface area contributed by atoms with E-state index in [-0.39, 0.29) is 30.4 Å². The van der Waals surface area contributed by atoms with Gasteiger partial charge in [0.1, 0.15) is 11.9 Å². The second-order valence-electron chi connectivity index (χ2n) is 5.44. The van der Waals surface area contributed by atoms with E-state index in [0.29, 0.717) is 5.56 Å². The topological polar surface area (TPSA) is 56.0 Å². The van der Waals surface area contributed by atoms with E-state index in [0.717, 1.165) is 11.1 Å². The highest BCUT2D eigenvalue weighted by molar-refractivity contribution is 5.45. The van der Waals surface area contributed by atoms with E-state index in [4.69, 9.17) is 5.26 Å². The first kappa shape index (κ1) is 15.2. The van der Waals surface area contributed by atoms with Crippen LogP contribution < -0.4 is 5.32 Å². The second-order valence-corrected chi connectivity index (χ2v) is 5.44. The molecule has 0 aromatic heterocycles. The zero-order valence-corrected chi connectivity index (χ0v) is 12.3. The summed E-state index contributed by atoms with van der Waals surface area (Å²) < 4.78 is 13.5. The van der Waals surface area contributed by atoms with Crippen LogP contribution in [0.3, 0.4) is 0 Å². The molecule has 1 aliphatic rings. The van der Waals surface area contributed by atoms with Gasteiger partial charge in [-0.15, -0.1) is 0 Å². The lowest BCUT2D eigenvalue weighted by molar-refractivity contribution is 0.151. The maximum atomic E-state index is 13.5. The molecule has 0 radical (unpaired) electrons. The van der Waals surface area contributed by atoms with Crippen LogP contribution in [0.25, 0.3) is 0 Å². The Morgan fingerprint density at radius 1 is 1.09 bits per heavy atom. The Kier molecular flexibility index (Phi) is 4.39. The normalized spacial score (nSPS) is 22.4. The Labute approximate surface area is 134 Å². The number of benzene rings is 2. The number of nitrogens with one attached hydrogen (secondary N) is 1. The van der Waals surface area contributed by atoms with Crippen LogP contribution in [0.4, 0.5) is 4.39 Å². The van der Waals surface area contributed by atoms with Gasteiger partial charge in [0.15, 0.2) is 0 Å². The highest BCUT2D eigenvalue weighted by Crippen LogP contribution is 2.31. The molecule has 3 atom stereocenters. The molecule has 1 aliphatic heterocycles. The third kappa shape index (κ3) is 3.10. The van der Waals surface area contributed by atoms with Crippen LogP contribution in [-0.2, 0) is 0 Å². The fraction of sp³-hybridized carbons (Fsp3) is 0.211. The average Bonchev–Trinajstić information content (AvgIpc) is 2.55. The molecule has 1 heterocycles. The Bertz CT molecular complexity index is 799. The van der Waals surface area contributed by atoms with Crippen molar-refractivity contribution in [1.82, 2.24) is 5.32 Å². The van der Waals surface area contributed by atoms with Crippen LogP contribution in [0, 0.1) is 29.0 Å². The largest absolute Gasteiger partial charge is 0.395 e. The minimum Gasteiger partial charge on any atom is -0.395 e. The number of hydrogen-bond donors (Lipinski definition) is 2. The van der Waals surface area contributed by atoms with E-state index < -0.39 is 0 Å². The van der Waals surface area contributed by atoms with Crippen LogP contribution in [0.5, 0.6) is 0 Å². The lowest BCUT2D eigenvalue weighted by Gasteiger charge is -2.41. The van der Waals surface area contributed by atoms with Crippen LogP contribution in [0.15, 0.2) is 48.5 Å². The van der Waals surface area contributed by atoms with Gasteiger partial charge in [-0.1, -0.05) is 36.1 Å². The summed E-state index contributed by atoms with van der Waals surface area (Å²) in [5.41, 5.74) is 2.13. The van der Waals surface area contributed by atoms with Crippen LogP contribution in [-0.4, -0.2) is 23.8 Å². The third-order valence-corrected chi connectivity index (χ3v) is 4.03. The highest BCUT2D eigenvalue weighted by atomic mass is 19.1. The first-order chi connectivity index (χ1) is 11.2. The summed E-state index contributed by atoms with van der Waals surface area (Å²) in [5.74, 6) is 5.40. The molecule has 1 saturated heterocycles. The SMILES string of the molecule is N#C[C@@H]1N[C@@H](CO)[C@@H]1c1ccc(C#Cc2ccccc2F)cc1. The maximum absolute atomic E-state index is 13.5. The van der Waals surface area contributed by atoms with Gasteiger partial charge in [-0.25, -0.2) is 4.39 Å². The smallest absolute Gasteiger partial charge is 0.138 e. The molecule has 1 fully saturated rings. The molecular formula is C19H15FN2O. The predicted octanol–water partition coefficient (Wildman–Crippen LogP) is 2.17. The van der Waals surface area contributed by atoms with Gasteiger partial charge in [0.2, 0.25) is 0 Å². The summed E-state index contributed by atoms with van der Waals surface area (Å²) in [5, 5.41) is 21.4. The van der Waals surface area contributed by atoms with Crippen LogP contribution >= 0.6 is 0 Å². The fourth-order valence-electron chi connectivity index (χ4n) is 2.75. The van der Waals surface area contributed by atoms with Crippen molar-refractivity contribution in [3.05, 3.63) is 71.0 Å². The number of halogens is 1. The molecular weight excluding hydrogens is 291 g/mol. The first-order valence-corrected chi connectivity index (χ1v) is 7.36. The van der Waals surface area contributed by atoms with Gasteiger partial charge in [-0.05, 0) is 29.8 Å². The van der Waals surface area contributed by atoms with Crippen LogP contribution in [0.1, 0.15) is 22.6 Å². The minimum absolute atomic E-state index is 0.00229. The van der Waals surface area contributed by atoms with Crippen molar-refractivity contribution in [2.75, 3.05) is 6.61 Å². The Morgan fingerprint density at radius 2 is 1.83 bits per heavy atom. The van der Waals surface area contributed by atoms with E-state index in [2.05, 4.69) is 23.2 Å². The quantitative estimate of drug-likeness (QED) is 0.836. The van der Waals surface area contributed by atoms with Crippen molar-refractivity contribution in [1.29, 1.82) is 5.26 Å². The third-order valence-electron chi connectivity index (χ3n) is 4.03. The van der Waals surface area contributed by atoms with Crippen molar-refractivity contribution in [2.45, 2.75) is 18.0 Å². The molecule has 3 rings (SSSR count). The monoisotopic (exact) mass is 306 g/mol. The summed E-state index contributed by atoms with van der Waals surface area (Å²) in [6.07, 6.45) is 0. The molecule has 0 bridgehead atoms. The Morgan fingerprint density at radius 3 is 2.48 bits per heavy atom. The summed E-state index contributed by atoms with van der Waals surface area (Å²) in [6, 6.07) is 15.7. The standard InChI is InChI=1S/C19H15FN2O/c20-16-4-2-1-3-14(16)8-5-13-6-9-15(10-7-13)19-17(11-21)22-18(19)12-23/h1-4,6-7,9-10,17-19,22-23H,12H2/t17-,18-,19+/m0/s1. The van der Waals surface area contributed by atoms with E-state index in [1.807, 2.05) is 24.3 Å². The number of nitriles is 1. The molecule has 4 heteroatoms. The van der Waals surface area contributed by atoms with Gasteiger partial charge in [-0.3, -0.25) is 5.32 Å². The van der Waals surface area contributed by atoms with E-state index >= 15 is 0 Å². The summed E-state index contributed by atoms with van der Waals surface area (Å²) in [4.78, 5) is 0. The lowest BCUT2D eigenvalue weighted by atomic mass is 9.78. The molecule has 2 aromatic carbocycles. The molecule has 3 nitrogen and oxygen atoms in total. The molecule has 2 N–H and O–H groups in total. The zero-order valence-electron chi connectivity index (χ0n) is 12.3. The minimum atomic E-state index is -0.334. The van der Waals surface area contributed by atoms with E-state index in [1.165, 1.54) is 6.07 Å². The lowest BCUT2D eigenvalue weighted by Crippen LogP contribution is -2.60. The van der Waals surface area contributed by atoms with Gasteiger partial charge < -0.3 is 5.11 Å². The predicted molar refractivity (Wildman–Crippen MR) is 85.0 cm³/mol. The van der Waals surface area contributed by atoms with Gasteiger partial charge in [0.25, 0.3) is 0 Å². The summed E-state index contributed by atoms with van der Waals surface area (Å²) in [7, 11) is 0. The van der Waals surface area contributed by atoms with Crippen molar-refractivity contribution in [3.8, 4) is 17.9 Å². The Hall–Kier alpha value is -2.66. The van der Waals surface area contributed by atoms with Gasteiger partial charge in [0, 0.05) is 17.5 Å². The van der Waals surface area contributed by atoms with Crippen LogP contribution in [0.2, 0.25) is 0 Å². The fourth-order valence-corrected chi connectivity index (χ4v) is 2.75. The number of hydrogen-bond acceptors (Lipinski definition) is 3. The first-order valence-electron chi connectivity index (χ1n) is 7.36. The zero-order chi connectivity index (χ0) is 16.2. The van der Waals surface area contributed by atoms with Crippen molar-refractivity contribution in [3.63, 3.8) is 0 Å². The molecule has 23 heavy (non-hydrogen) atoms.